The normalized spacial score (nSPS) is 38.8. The van der Waals surface area contributed by atoms with Crippen molar-refractivity contribution in [1.82, 2.24) is 9.38 Å². The Morgan fingerprint density at radius 2 is 1.65 bits per heavy atom. The molecule has 104 valence electrons. The molecule has 0 aliphatic heterocycles. The maximum Gasteiger partial charge on any atom is 0.137 e. The van der Waals surface area contributed by atoms with E-state index in [0.29, 0.717) is 5.41 Å². The van der Waals surface area contributed by atoms with E-state index in [1.54, 1.807) is 0 Å². The summed E-state index contributed by atoms with van der Waals surface area (Å²) < 4.78 is 2.11. The largest absolute Gasteiger partial charge is 0.305 e. The van der Waals surface area contributed by atoms with Crippen LogP contribution in [0.1, 0.15) is 44.2 Å². The fraction of sp³-hybridized carbons (Fsp3) is 0.588. The van der Waals surface area contributed by atoms with Gasteiger partial charge in [-0.05, 0) is 68.4 Å². The number of halogens is 1. The van der Waals surface area contributed by atoms with Crippen LogP contribution in [0.25, 0.3) is 5.65 Å². The fourth-order valence-electron chi connectivity index (χ4n) is 5.64. The van der Waals surface area contributed by atoms with Crippen LogP contribution in [0.2, 0.25) is 5.02 Å². The van der Waals surface area contributed by atoms with Gasteiger partial charge in [0.25, 0.3) is 0 Å². The maximum atomic E-state index is 6.10. The number of hydrogen-bond acceptors (Lipinski definition) is 1. The molecule has 0 saturated heterocycles. The van der Waals surface area contributed by atoms with E-state index in [1.165, 1.54) is 44.2 Å². The molecule has 0 atom stereocenters. The number of hydrogen-bond donors (Lipinski definition) is 0. The molecular weight excluding hydrogens is 268 g/mol. The average Bonchev–Trinajstić information content (AvgIpc) is 2.80. The van der Waals surface area contributed by atoms with Gasteiger partial charge in [0.1, 0.15) is 5.65 Å². The summed E-state index contributed by atoms with van der Waals surface area (Å²) in [5.74, 6) is 2.90. The van der Waals surface area contributed by atoms with Crippen LogP contribution in [0.4, 0.5) is 0 Å². The van der Waals surface area contributed by atoms with Gasteiger partial charge in [0.05, 0.1) is 10.7 Å². The van der Waals surface area contributed by atoms with Crippen LogP contribution in [-0.4, -0.2) is 9.38 Å². The number of nitrogens with zero attached hydrogens (tertiary/aromatic N) is 2. The van der Waals surface area contributed by atoms with Gasteiger partial charge in [-0.15, -0.1) is 0 Å². The lowest BCUT2D eigenvalue weighted by molar-refractivity contribution is -0.00697. The summed E-state index contributed by atoms with van der Waals surface area (Å²) in [4.78, 5) is 4.95. The smallest absolute Gasteiger partial charge is 0.137 e. The molecule has 2 heterocycles. The van der Waals surface area contributed by atoms with Crippen molar-refractivity contribution in [1.29, 1.82) is 0 Å². The molecule has 0 spiro atoms. The van der Waals surface area contributed by atoms with Crippen molar-refractivity contribution in [2.24, 2.45) is 17.8 Å². The molecule has 4 bridgehead atoms. The van der Waals surface area contributed by atoms with Crippen LogP contribution in [0.5, 0.6) is 0 Å². The topological polar surface area (TPSA) is 17.3 Å². The molecule has 2 aromatic rings. The molecule has 6 rings (SSSR count). The van der Waals surface area contributed by atoms with E-state index < -0.39 is 0 Å². The molecule has 0 amide bonds. The molecule has 0 aromatic carbocycles. The minimum atomic E-state index is 0.382. The van der Waals surface area contributed by atoms with E-state index in [-0.39, 0.29) is 0 Å². The van der Waals surface area contributed by atoms with Gasteiger partial charge in [-0.25, -0.2) is 4.98 Å². The second-order valence-electron chi connectivity index (χ2n) is 7.44. The summed E-state index contributed by atoms with van der Waals surface area (Å²) >= 11 is 6.10. The van der Waals surface area contributed by atoms with Crippen molar-refractivity contribution in [3.05, 3.63) is 35.2 Å². The quantitative estimate of drug-likeness (QED) is 0.757. The van der Waals surface area contributed by atoms with E-state index in [1.807, 2.05) is 18.3 Å². The monoisotopic (exact) mass is 286 g/mol. The van der Waals surface area contributed by atoms with Crippen LogP contribution in [0.3, 0.4) is 0 Å². The van der Waals surface area contributed by atoms with E-state index in [0.717, 1.165) is 28.4 Å². The Morgan fingerprint density at radius 3 is 2.30 bits per heavy atom. The molecule has 4 aliphatic carbocycles. The summed E-state index contributed by atoms with van der Waals surface area (Å²) in [6.45, 7) is 0. The minimum Gasteiger partial charge on any atom is -0.305 e. The standard InChI is InChI=1S/C17H19ClN2/c18-14-1-2-16-19-15(10-20(16)9-14)17-6-11-3-12(7-17)5-13(4-11)8-17/h1-2,9-13H,3-8H2. The zero-order valence-corrected chi connectivity index (χ0v) is 12.3. The highest BCUT2D eigenvalue weighted by Gasteiger charge is 2.52. The summed E-state index contributed by atoms with van der Waals surface area (Å²) in [5.41, 5.74) is 2.76. The summed E-state index contributed by atoms with van der Waals surface area (Å²) in [6, 6.07) is 3.97. The average molecular weight is 287 g/mol. The van der Waals surface area contributed by atoms with Crippen molar-refractivity contribution in [3.63, 3.8) is 0 Å². The van der Waals surface area contributed by atoms with E-state index >= 15 is 0 Å². The van der Waals surface area contributed by atoms with Crippen LogP contribution >= 0.6 is 11.6 Å². The Kier molecular flexibility index (Phi) is 2.20. The van der Waals surface area contributed by atoms with E-state index in [9.17, 15) is 0 Å². The number of fused-ring (bicyclic) bond motifs is 1. The third-order valence-electron chi connectivity index (χ3n) is 6.00. The molecule has 0 unspecified atom stereocenters. The Morgan fingerprint density at radius 1 is 1.00 bits per heavy atom. The molecular formula is C17H19ClN2. The summed E-state index contributed by atoms with van der Waals surface area (Å²) in [7, 11) is 0. The Hall–Kier alpha value is -1.02. The predicted molar refractivity (Wildman–Crippen MR) is 80.1 cm³/mol. The highest BCUT2D eigenvalue weighted by molar-refractivity contribution is 6.30. The SMILES string of the molecule is Clc1ccc2nc(C34CC5CC(CC(C5)C3)C4)cn2c1. The number of imidazole rings is 1. The summed E-state index contributed by atoms with van der Waals surface area (Å²) in [5, 5.41) is 0.784. The van der Waals surface area contributed by atoms with Crippen LogP contribution in [0, 0.1) is 17.8 Å². The van der Waals surface area contributed by atoms with Gasteiger partial charge in [0.2, 0.25) is 0 Å². The lowest BCUT2D eigenvalue weighted by atomic mass is 9.49. The van der Waals surface area contributed by atoms with Crippen molar-refractivity contribution in [2.45, 2.75) is 43.9 Å². The summed E-state index contributed by atoms with van der Waals surface area (Å²) in [6.07, 6.45) is 12.8. The zero-order chi connectivity index (χ0) is 13.3. The lowest BCUT2D eigenvalue weighted by Crippen LogP contribution is -2.48. The number of rotatable bonds is 1. The first-order valence-corrected chi connectivity index (χ1v) is 8.23. The molecule has 0 radical (unpaired) electrons. The van der Waals surface area contributed by atoms with Crippen molar-refractivity contribution in [3.8, 4) is 0 Å². The first-order chi connectivity index (χ1) is 9.70. The van der Waals surface area contributed by atoms with Gasteiger partial charge in [-0.3, -0.25) is 0 Å². The molecule has 4 aliphatic rings. The van der Waals surface area contributed by atoms with Gasteiger partial charge >= 0.3 is 0 Å². The molecule has 0 N–H and O–H groups in total. The molecule has 2 aromatic heterocycles. The van der Waals surface area contributed by atoms with E-state index in [4.69, 9.17) is 16.6 Å². The molecule has 20 heavy (non-hydrogen) atoms. The van der Waals surface area contributed by atoms with Gasteiger partial charge in [0, 0.05) is 17.8 Å². The number of aromatic nitrogens is 2. The first-order valence-electron chi connectivity index (χ1n) is 7.85. The van der Waals surface area contributed by atoms with E-state index in [2.05, 4.69) is 10.6 Å². The molecule has 3 heteroatoms. The van der Waals surface area contributed by atoms with Crippen molar-refractivity contribution < 1.29 is 0 Å². The highest BCUT2D eigenvalue weighted by Crippen LogP contribution is 2.60. The Labute approximate surface area is 124 Å². The predicted octanol–water partition coefficient (Wildman–Crippen LogP) is 4.46. The Bertz CT molecular complexity index is 652. The van der Waals surface area contributed by atoms with Crippen LogP contribution < -0.4 is 0 Å². The van der Waals surface area contributed by atoms with Gasteiger partial charge in [-0.1, -0.05) is 11.6 Å². The Balaban J connectivity index is 1.63. The fourth-order valence-corrected chi connectivity index (χ4v) is 5.81. The number of pyridine rings is 1. The minimum absolute atomic E-state index is 0.382. The van der Waals surface area contributed by atoms with Crippen LogP contribution in [0.15, 0.2) is 24.5 Å². The van der Waals surface area contributed by atoms with Crippen molar-refractivity contribution in [2.75, 3.05) is 0 Å². The third kappa shape index (κ3) is 1.54. The maximum absolute atomic E-state index is 6.10. The van der Waals surface area contributed by atoms with Crippen LogP contribution in [-0.2, 0) is 5.41 Å². The third-order valence-corrected chi connectivity index (χ3v) is 6.22. The zero-order valence-electron chi connectivity index (χ0n) is 11.6. The molecule has 4 fully saturated rings. The van der Waals surface area contributed by atoms with Crippen molar-refractivity contribution >= 4 is 17.2 Å². The molecule has 2 nitrogen and oxygen atoms in total. The highest BCUT2D eigenvalue weighted by atomic mass is 35.5. The van der Waals surface area contributed by atoms with Gasteiger partial charge < -0.3 is 4.40 Å². The molecule has 4 saturated carbocycles. The van der Waals surface area contributed by atoms with Gasteiger partial charge in [0.15, 0.2) is 0 Å². The lowest BCUT2D eigenvalue weighted by Gasteiger charge is -2.56. The second-order valence-corrected chi connectivity index (χ2v) is 7.87. The first kappa shape index (κ1) is 11.6. The second kappa shape index (κ2) is 3.79. The van der Waals surface area contributed by atoms with Gasteiger partial charge in [-0.2, -0.15) is 0 Å².